The molecule has 0 radical (unpaired) electrons. The van der Waals surface area contributed by atoms with Crippen molar-refractivity contribution in [3.05, 3.63) is 83.4 Å². The number of aryl methyl sites for hydroxylation is 2. The number of carboxylic acid groups (broad SMARTS) is 1. The van der Waals surface area contributed by atoms with Gasteiger partial charge in [-0.15, -0.1) is 0 Å². The van der Waals surface area contributed by atoms with Gasteiger partial charge in [0.2, 0.25) is 0 Å². The topological polar surface area (TPSA) is 111 Å². The lowest BCUT2D eigenvalue weighted by Crippen LogP contribution is -2.17. The Hall–Kier alpha value is -4.40. The van der Waals surface area contributed by atoms with Crippen LogP contribution in [0.4, 0.5) is 5.69 Å². The molecule has 168 valence electrons. The summed E-state index contributed by atoms with van der Waals surface area (Å²) in [6.07, 6.45) is 1.29. The van der Waals surface area contributed by atoms with Gasteiger partial charge in [-0.1, -0.05) is 48.5 Å². The van der Waals surface area contributed by atoms with Crippen LogP contribution in [-0.4, -0.2) is 36.5 Å². The number of aromatic carboxylic acids is 1. The molecule has 0 spiro atoms. The normalized spacial score (nSPS) is 10.8. The van der Waals surface area contributed by atoms with Gasteiger partial charge >= 0.3 is 5.97 Å². The highest BCUT2D eigenvalue weighted by molar-refractivity contribution is 6.09. The van der Waals surface area contributed by atoms with Crippen molar-refractivity contribution in [1.29, 1.82) is 0 Å². The fourth-order valence-electron chi connectivity index (χ4n) is 3.57. The van der Waals surface area contributed by atoms with E-state index in [4.69, 9.17) is 4.74 Å². The van der Waals surface area contributed by atoms with Gasteiger partial charge in [0.25, 0.3) is 5.91 Å². The maximum Gasteiger partial charge on any atom is 0.339 e. The third-order valence-corrected chi connectivity index (χ3v) is 5.21. The van der Waals surface area contributed by atoms with E-state index >= 15 is 0 Å². The predicted octanol–water partition coefficient (Wildman–Crippen LogP) is 3.89. The maximum atomic E-state index is 12.7. The summed E-state index contributed by atoms with van der Waals surface area (Å²) in [4.78, 5) is 24.1. The summed E-state index contributed by atoms with van der Waals surface area (Å²) in [5.41, 5.74) is 3.41. The second-order valence-electron chi connectivity index (χ2n) is 7.51. The predicted molar refractivity (Wildman–Crippen MR) is 122 cm³/mol. The van der Waals surface area contributed by atoms with Crippen molar-refractivity contribution >= 4 is 17.6 Å². The molecule has 0 saturated heterocycles. The van der Waals surface area contributed by atoms with Crippen LogP contribution in [0.2, 0.25) is 0 Å². The first kappa shape index (κ1) is 21.8. The fraction of sp³-hybridized carbons (Fsp3) is 0.167. The summed E-state index contributed by atoms with van der Waals surface area (Å²) < 4.78 is 9.00. The first-order chi connectivity index (χ1) is 15.8. The zero-order valence-electron chi connectivity index (χ0n) is 18.4. The molecule has 9 heteroatoms. The van der Waals surface area contributed by atoms with Gasteiger partial charge in [-0.2, -0.15) is 10.2 Å². The van der Waals surface area contributed by atoms with E-state index in [0.29, 0.717) is 22.8 Å². The van der Waals surface area contributed by atoms with Crippen molar-refractivity contribution in [2.24, 2.45) is 7.05 Å². The Labute approximate surface area is 190 Å². The SMILES string of the molecule is Cc1nn(COc2ccccc2-c2ccccc2)c(C)c1NC(=O)c1nn(C)cc1C(=O)O. The number of aromatic nitrogens is 4. The highest BCUT2D eigenvalue weighted by Gasteiger charge is 2.23. The third-order valence-electron chi connectivity index (χ3n) is 5.21. The molecule has 4 aromatic rings. The Bertz CT molecular complexity index is 1320. The lowest BCUT2D eigenvalue weighted by Gasteiger charge is -2.13. The molecule has 0 fully saturated rings. The lowest BCUT2D eigenvalue weighted by atomic mass is 10.1. The molecule has 0 aliphatic heterocycles. The highest BCUT2D eigenvalue weighted by atomic mass is 16.5. The summed E-state index contributed by atoms with van der Waals surface area (Å²) in [5.74, 6) is -1.13. The number of ether oxygens (including phenoxy) is 1. The first-order valence-corrected chi connectivity index (χ1v) is 10.2. The standard InChI is InChI=1S/C24H23N5O4/c1-15-21(25-23(30)22-19(24(31)32)13-28(3)27-22)16(2)29(26-15)14-33-20-12-8-7-11-18(20)17-9-5-4-6-10-17/h4-13H,14H2,1-3H3,(H,25,30)(H,31,32). The van der Waals surface area contributed by atoms with Crippen LogP contribution in [0.3, 0.4) is 0 Å². The number of nitrogens with one attached hydrogen (secondary N) is 1. The molecular weight excluding hydrogens is 422 g/mol. The van der Waals surface area contributed by atoms with E-state index in [1.165, 1.54) is 10.9 Å². The number of hydrogen-bond donors (Lipinski definition) is 2. The number of carboxylic acids is 1. The van der Waals surface area contributed by atoms with E-state index < -0.39 is 11.9 Å². The van der Waals surface area contributed by atoms with Crippen LogP contribution >= 0.6 is 0 Å². The number of nitrogens with zero attached hydrogens (tertiary/aromatic N) is 4. The molecule has 0 aliphatic carbocycles. The Kier molecular flexibility index (Phi) is 5.95. The molecule has 0 aliphatic rings. The number of anilines is 1. The van der Waals surface area contributed by atoms with Crippen molar-refractivity contribution < 1.29 is 19.4 Å². The Morgan fingerprint density at radius 1 is 1.03 bits per heavy atom. The van der Waals surface area contributed by atoms with Gasteiger partial charge in [-0.25, -0.2) is 9.48 Å². The van der Waals surface area contributed by atoms with Crippen LogP contribution in [0.25, 0.3) is 11.1 Å². The van der Waals surface area contributed by atoms with Crippen LogP contribution in [0.5, 0.6) is 5.75 Å². The number of para-hydroxylation sites is 1. The van der Waals surface area contributed by atoms with Crippen LogP contribution in [0.1, 0.15) is 32.2 Å². The number of carbonyl (C=O) groups excluding carboxylic acids is 1. The zero-order chi connectivity index (χ0) is 23.5. The van der Waals surface area contributed by atoms with Gasteiger partial charge in [-0.05, 0) is 25.5 Å². The quantitative estimate of drug-likeness (QED) is 0.446. The summed E-state index contributed by atoms with van der Waals surface area (Å²) >= 11 is 0. The molecule has 1 amide bonds. The average molecular weight is 445 g/mol. The summed E-state index contributed by atoms with van der Waals surface area (Å²) in [5, 5.41) is 20.5. The van der Waals surface area contributed by atoms with Crippen LogP contribution in [-0.2, 0) is 13.8 Å². The Morgan fingerprint density at radius 3 is 2.45 bits per heavy atom. The molecule has 2 aromatic heterocycles. The molecule has 9 nitrogen and oxygen atoms in total. The molecular formula is C24H23N5O4. The van der Waals surface area contributed by atoms with E-state index in [9.17, 15) is 14.7 Å². The molecule has 33 heavy (non-hydrogen) atoms. The highest BCUT2D eigenvalue weighted by Crippen LogP contribution is 2.30. The molecule has 2 heterocycles. The van der Waals surface area contributed by atoms with E-state index in [-0.39, 0.29) is 18.0 Å². The van der Waals surface area contributed by atoms with Gasteiger partial charge in [-0.3, -0.25) is 9.48 Å². The second-order valence-corrected chi connectivity index (χ2v) is 7.51. The summed E-state index contributed by atoms with van der Waals surface area (Å²) in [6, 6.07) is 17.7. The molecule has 0 bridgehead atoms. The van der Waals surface area contributed by atoms with Crippen molar-refractivity contribution in [3.8, 4) is 16.9 Å². The van der Waals surface area contributed by atoms with Crippen LogP contribution in [0.15, 0.2) is 60.8 Å². The largest absolute Gasteiger partial charge is 0.478 e. The van der Waals surface area contributed by atoms with Crippen molar-refractivity contribution in [2.45, 2.75) is 20.6 Å². The zero-order valence-corrected chi connectivity index (χ0v) is 18.4. The van der Waals surface area contributed by atoms with E-state index in [2.05, 4.69) is 15.5 Å². The molecule has 0 saturated carbocycles. The number of hydrogen-bond acceptors (Lipinski definition) is 5. The fourth-order valence-corrected chi connectivity index (χ4v) is 3.57. The number of carbonyl (C=O) groups is 2. The minimum atomic E-state index is -1.22. The summed E-state index contributed by atoms with van der Waals surface area (Å²) in [6.45, 7) is 3.70. The maximum absolute atomic E-state index is 12.7. The Balaban J connectivity index is 1.54. The van der Waals surface area contributed by atoms with Gasteiger partial charge in [0, 0.05) is 18.8 Å². The minimum absolute atomic E-state index is 0.135. The molecule has 0 atom stereocenters. The van der Waals surface area contributed by atoms with Gasteiger partial charge in [0.1, 0.15) is 11.3 Å². The van der Waals surface area contributed by atoms with E-state index in [0.717, 1.165) is 11.1 Å². The molecule has 2 aromatic carbocycles. The minimum Gasteiger partial charge on any atom is -0.478 e. The van der Waals surface area contributed by atoms with Gasteiger partial charge in [0.05, 0.1) is 17.1 Å². The number of benzene rings is 2. The van der Waals surface area contributed by atoms with Gasteiger partial charge in [0.15, 0.2) is 12.4 Å². The smallest absolute Gasteiger partial charge is 0.339 e. The van der Waals surface area contributed by atoms with E-state index in [1.54, 1.807) is 25.6 Å². The first-order valence-electron chi connectivity index (χ1n) is 10.2. The Morgan fingerprint density at radius 2 is 1.73 bits per heavy atom. The second kappa shape index (κ2) is 8.99. The number of amides is 1. The van der Waals surface area contributed by atoms with Crippen molar-refractivity contribution in [1.82, 2.24) is 19.6 Å². The van der Waals surface area contributed by atoms with Gasteiger partial charge < -0.3 is 15.2 Å². The summed E-state index contributed by atoms with van der Waals surface area (Å²) in [7, 11) is 1.56. The number of rotatable bonds is 7. The lowest BCUT2D eigenvalue weighted by molar-refractivity contribution is 0.0692. The molecule has 4 rings (SSSR count). The monoisotopic (exact) mass is 445 g/mol. The molecule has 0 unspecified atom stereocenters. The average Bonchev–Trinajstić information content (AvgIpc) is 3.33. The molecule has 2 N–H and O–H groups in total. The van der Waals surface area contributed by atoms with Crippen LogP contribution in [0, 0.1) is 13.8 Å². The van der Waals surface area contributed by atoms with Crippen LogP contribution < -0.4 is 10.1 Å². The van der Waals surface area contributed by atoms with E-state index in [1.807, 2.05) is 54.6 Å². The van der Waals surface area contributed by atoms with Crippen molar-refractivity contribution in [3.63, 3.8) is 0 Å². The van der Waals surface area contributed by atoms with Crippen molar-refractivity contribution in [2.75, 3.05) is 5.32 Å². The third kappa shape index (κ3) is 4.47.